The van der Waals surface area contributed by atoms with Crippen molar-refractivity contribution < 1.29 is 47.2 Å². The minimum atomic E-state index is -5.08. The second kappa shape index (κ2) is 15.9. The zero-order valence-corrected chi connectivity index (χ0v) is 22.6. The lowest BCUT2D eigenvalue weighted by Crippen LogP contribution is -2.40. The first-order chi connectivity index (χ1) is 18.2. The molecule has 0 bridgehead atoms. The van der Waals surface area contributed by atoms with Crippen LogP contribution in [0.3, 0.4) is 0 Å². The Labute approximate surface area is 225 Å². The van der Waals surface area contributed by atoms with Crippen molar-refractivity contribution in [2.24, 2.45) is 22.6 Å². The third-order valence-corrected chi connectivity index (χ3v) is 5.99. The number of nitrogens with one attached hydrogen (secondary N) is 1. The Hall–Kier alpha value is -3.35. The highest BCUT2D eigenvalue weighted by Crippen LogP contribution is 2.29. The minimum Gasteiger partial charge on any atom is -0.493 e. The fourth-order valence-corrected chi connectivity index (χ4v) is 4.04. The first-order valence-corrected chi connectivity index (χ1v) is 12.5. The molecule has 0 unspecified atom stereocenters. The van der Waals surface area contributed by atoms with Gasteiger partial charge in [-0.15, -0.1) is 0 Å². The normalized spacial score (nSPS) is 18.4. The largest absolute Gasteiger partial charge is 0.493 e. The second-order valence-corrected chi connectivity index (χ2v) is 9.72. The quantitative estimate of drug-likeness (QED) is 0.250. The lowest BCUT2D eigenvalue weighted by Gasteiger charge is -2.26. The van der Waals surface area contributed by atoms with E-state index in [1.807, 2.05) is 13.8 Å². The molecule has 220 valence electrons. The van der Waals surface area contributed by atoms with Gasteiger partial charge in [-0.1, -0.05) is 19.9 Å². The van der Waals surface area contributed by atoms with Crippen LogP contribution >= 0.6 is 0 Å². The van der Waals surface area contributed by atoms with E-state index in [4.69, 9.17) is 25.1 Å². The van der Waals surface area contributed by atoms with E-state index in [9.17, 15) is 27.9 Å². The van der Waals surface area contributed by atoms with Crippen molar-refractivity contribution in [2.45, 2.75) is 77.1 Å². The molecule has 0 aliphatic heterocycles. The Morgan fingerprint density at radius 2 is 1.67 bits per heavy atom. The van der Waals surface area contributed by atoms with Gasteiger partial charge in [0, 0.05) is 6.42 Å². The number of ether oxygens (including phenoxy) is 2. The van der Waals surface area contributed by atoms with Crippen LogP contribution in [0.25, 0.3) is 0 Å². The molecule has 1 aliphatic carbocycles. The first-order valence-electron chi connectivity index (χ1n) is 12.5. The van der Waals surface area contributed by atoms with Gasteiger partial charge < -0.3 is 25.4 Å². The number of carboxylic acid groups (broad SMARTS) is 1. The highest BCUT2D eigenvalue weighted by atomic mass is 19.4. The zero-order valence-electron chi connectivity index (χ0n) is 22.6. The van der Waals surface area contributed by atoms with Gasteiger partial charge in [0.25, 0.3) is 0 Å². The number of methoxy groups -OCH3 is 2. The van der Waals surface area contributed by atoms with Gasteiger partial charge in [-0.3, -0.25) is 14.9 Å². The van der Waals surface area contributed by atoms with Crippen LogP contribution in [0, 0.1) is 11.8 Å². The average molecular weight is 562 g/mol. The van der Waals surface area contributed by atoms with Crippen molar-refractivity contribution in [2.75, 3.05) is 14.2 Å². The molecule has 1 saturated carbocycles. The maximum atomic E-state index is 12.9. The van der Waals surface area contributed by atoms with Crippen molar-refractivity contribution in [3.63, 3.8) is 0 Å². The summed E-state index contributed by atoms with van der Waals surface area (Å²) in [6, 6.07) is 4.67. The van der Waals surface area contributed by atoms with Gasteiger partial charge in [-0.2, -0.15) is 13.2 Å². The molecule has 1 aromatic carbocycles. The number of aliphatic hydroxyl groups is 1. The number of Topliss-reactive ketones (excluding diaryl/α,β-unsaturated/α-hetero) is 1. The van der Waals surface area contributed by atoms with Crippen molar-refractivity contribution in [3.8, 4) is 11.5 Å². The van der Waals surface area contributed by atoms with E-state index in [2.05, 4.69) is 10.3 Å². The Balaban J connectivity index is 0.000000956. The fourth-order valence-electron chi connectivity index (χ4n) is 4.04. The van der Waals surface area contributed by atoms with Gasteiger partial charge in [0.1, 0.15) is 6.04 Å². The fraction of sp³-hybridized carbons (Fsp3) is 0.615. The number of amides is 1. The van der Waals surface area contributed by atoms with Gasteiger partial charge in [0.05, 0.1) is 26.7 Å². The number of benzene rings is 1. The third-order valence-electron chi connectivity index (χ3n) is 5.99. The molecule has 1 atom stereocenters. The molecular formula is C26H38F3N3O7. The molecular weight excluding hydrogens is 523 g/mol. The summed E-state index contributed by atoms with van der Waals surface area (Å²) in [7, 11) is 3.08. The summed E-state index contributed by atoms with van der Waals surface area (Å²) in [5.74, 6) is -1.43. The van der Waals surface area contributed by atoms with Gasteiger partial charge in [-0.25, -0.2) is 9.79 Å². The number of carbonyl (C=O) groups is 3. The number of carboxylic acids is 1. The second-order valence-electron chi connectivity index (χ2n) is 9.72. The van der Waals surface area contributed by atoms with E-state index in [1.165, 1.54) is 7.11 Å². The summed E-state index contributed by atoms with van der Waals surface area (Å²) in [6.07, 6.45) is -1.06. The van der Waals surface area contributed by atoms with Crippen LogP contribution in [0.1, 0.15) is 57.9 Å². The topological polar surface area (TPSA) is 161 Å². The van der Waals surface area contributed by atoms with Crippen LogP contribution in [-0.2, 0) is 20.8 Å². The van der Waals surface area contributed by atoms with Crippen molar-refractivity contribution in [1.82, 2.24) is 5.32 Å². The number of ketones is 1. The number of aliphatic imine (C=N–C) groups is 1. The number of aliphatic hydroxyl groups excluding tert-OH is 1. The summed E-state index contributed by atoms with van der Waals surface area (Å²) < 4.78 is 42.2. The van der Waals surface area contributed by atoms with Crippen LogP contribution in [0.5, 0.6) is 11.5 Å². The standard InChI is InChI=1S/C24H37N3O5.C2HF3O2/c1-15(2)11-19(20(29)12-16-5-8-18(28)9-6-16)26-24(25)27-23(30)14-17-7-10-21(31-3)22(13-17)32-4;3-2(4,5)1(6)7/h7,10,13,15-16,18-19,28H,5-6,8-9,11-12,14H2,1-4H3,(H3,25,26,27,30);(H,6,7)/t16?,18?,19-;/m1./s1. The molecule has 0 spiro atoms. The molecule has 0 heterocycles. The lowest BCUT2D eigenvalue weighted by atomic mass is 9.82. The number of hydrogen-bond donors (Lipinski definition) is 4. The monoisotopic (exact) mass is 561 g/mol. The van der Waals surface area contributed by atoms with Crippen molar-refractivity contribution in [1.29, 1.82) is 0 Å². The van der Waals surface area contributed by atoms with E-state index >= 15 is 0 Å². The number of alkyl halides is 3. The smallest absolute Gasteiger partial charge is 0.490 e. The third kappa shape index (κ3) is 12.8. The minimum absolute atomic E-state index is 0.0391. The number of aliphatic carboxylic acids is 1. The molecule has 39 heavy (non-hydrogen) atoms. The molecule has 0 aromatic heterocycles. The summed E-state index contributed by atoms with van der Waals surface area (Å²) in [5.41, 5.74) is 6.72. The van der Waals surface area contributed by atoms with E-state index in [0.717, 1.165) is 31.2 Å². The highest BCUT2D eigenvalue weighted by Gasteiger charge is 2.38. The summed E-state index contributed by atoms with van der Waals surface area (Å²) >= 11 is 0. The molecule has 13 heteroatoms. The summed E-state index contributed by atoms with van der Waals surface area (Å²) in [4.78, 5) is 38.6. The molecule has 5 N–H and O–H groups in total. The van der Waals surface area contributed by atoms with Crippen LogP contribution in [0.15, 0.2) is 23.2 Å². The molecule has 1 amide bonds. The number of nitrogens with two attached hydrogens (primary N) is 1. The molecule has 2 rings (SSSR count). The maximum Gasteiger partial charge on any atom is 0.490 e. The number of nitrogens with zero attached hydrogens (tertiary/aromatic N) is 1. The Bertz CT molecular complexity index is 991. The molecule has 1 fully saturated rings. The van der Waals surface area contributed by atoms with Gasteiger partial charge in [0.2, 0.25) is 5.91 Å². The first kappa shape index (κ1) is 33.7. The molecule has 10 nitrogen and oxygen atoms in total. The van der Waals surface area contributed by atoms with Crippen LogP contribution in [0.4, 0.5) is 13.2 Å². The van der Waals surface area contributed by atoms with Gasteiger partial charge in [-0.05, 0) is 61.6 Å². The summed E-state index contributed by atoms with van der Waals surface area (Å²) in [6.45, 7) is 4.05. The number of hydrogen-bond acceptors (Lipinski definition) is 7. The number of guanidine groups is 1. The lowest BCUT2D eigenvalue weighted by molar-refractivity contribution is -0.192. The maximum absolute atomic E-state index is 12.9. The van der Waals surface area contributed by atoms with E-state index < -0.39 is 18.2 Å². The number of rotatable bonds is 10. The van der Waals surface area contributed by atoms with Gasteiger partial charge >= 0.3 is 12.1 Å². The number of halogens is 3. The predicted octanol–water partition coefficient (Wildman–Crippen LogP) is 3.24. The molecule has 0 saturated heterocycles. The molecule has 1 aromatic rings. The van der Waals surface area contributed by atoms with Gasteiger partial charge in [0.15, 0.2) is 23.2 Å². The van der Waals surface area contributed by atoms with E-state index in [0.29, 0.717) is 24.3 Å². The Morgan fingerprint density at radius 1 is 1.10 bits per heavy atom. The van der Waals surface area contributed by atoms with E-state index in [-0.39, 0.29) is 42.0 Å². The Morgan fingerprint density at radius 3 is 2.15 bits per heavy atom. The average Bonchev–Trinajstić information content (AvgIpc) is 2.84. The van der Waals surface area contributed by atoms with Crippen LogP contribution in [-0.4, -0.2) is 66.4 Å². The molecule has 0 radical (unpaired) electrons. The Kier molecular flexibility index (Phi) is 13.7. The zero-order chi connectivity index (χ0) is 29.8. The van der Waals surface area contributed by atoms with Crippen molar-refractivity contribution in [3.05, 3.63) is 23.8 Å². The summed E-state index contributed by atoms with van der Waals surface area (Å²) in [5, 5.41) is 19.4. The van der Waals surface area contributed by atoms with Crippen LogP contribution in [0.2, 0.25) is 0 Å². The SMILES string of the molecule is COc1ccc(CC(=O)NC(N)=N[C@H](CC(C)C)C(=O)CC2CCC(O)CC2)cc1OC.O=C(O)C(F)(F)F. The number of carbonyl (C=O) groups excluding carboxylic acids is 2. The van der Waals surface area contributed by atoms with Crippen LogP contribution < -0.4 is 20.5 Å². The highest BCUT2D eigenvalue weighted by molar-refractivity contribution is 5.98. The van der Waals surface area contributed by atoms with E-state index in [1.54, 1.807) is 25.3 Å². The molecule has 1 aliphatic rings. The predicted molar refractivity (Wildman–Crippen MR) is 138 cm³/mol. The van der Waals surface area contributed by atoms with Crippen molar-refractivity contribution >= 4 is 23.6 Å².